The summed E-state index contributed by atoms with van der Waals surface area (Å²) in [5, 5.41) is 15.1. The zero-order chi connectivity index (χ0) is 21.1. The largest absolute Gasteiger partial charge is 0.361 e. The number of nitro groups is 1. The number of carbonyl (C=O) groups excluding carboxylic acids is 1. The Hall–Kier alpha value is -3.93. The molecule has 0 aliphatic heterocycles. The first-order chi connectivity index (χ1) is 14.5. The zero-order valence-corrected chi connectivity index (χ0v) is 16.5. The Bertz CT molecular complexity index is 1210. The average Bonchev–Trinajstić information content (AvgIpc) is 3.18. The number of carbonyl (C=O) groups is 1. The molecule has 6 nitrogen and oxygen atoms in total. The van der Waals surface area contributed by atoms with Crippen LogP contribution in [0.25, 0.3) is 10.9 Å². The van der Waals surface area contributed by atoms with Gasteiger partial charge in [0, 0.05) is 46.8 Å². The summed E-state index contributed by atoms with van der Waals surface area (Å²) in [5.41, 5.74) is 4.13. The van der Waals surface area contributed by atoms with E-state index in [9.17, 15) is 14.9 Å². The highest BCUT2D eigenvalue weighted by Gasteiger charge is 2.20. The number of aryl methyl sites for hydroxylation is 1. The summed E-state index contributed by atoms with van der Waals surface area (Å²) in [5.74, 6) is -0.292. The summed E-state index contributed by atoms with van der Waals surface area (Å²) in [6.45, 7) is 2.04. The van der Waals surface area contributed by atoms with Crippen molar-refractivity contribution in [1.29, 1.82) is 0 Å². The minimum absolute atomic E-state index is 0.00695. The van der Waals surface area contributed by atoms with Crippen LogP contribution >= 0.6 is 0 Å². The van der Waals surface area contributed by atoms with Gasteiger partial charge >= 0.3 is 0 Å². The summed E-state index contributed by atoms with van der Waals surface area (Å²) >= 11 is 0. The van der Waals surface area contributed by atoms with E-state index in [-0.39, 0.29) is 17.5 Å². The third kappa shape index (κ3) is 3.80. The first kappa shape index (κ1) is 19.4. The molecule has 4 rings (SSSR count). The average molecular weight is 399 g/mol. The number of nitro benzene ring substituents is 1. The molecule has 0 bridgehead atoms. The SMILES string of the molecule is Cc1cc(C(=O)NCC(c2ccccc2)c2c[nH]c3ccccc23)ccc1[N+](=O)[O-]. The molecule has 1 atom stereocenters. The van der Waals surface area contributed by atoms with Crippen molar-refractivity contribution >= 4 is 22.5 Å². The summed E-state index contributed by atoms with van der Waals surface area (Å²) in [6, 6.07) is 22.5. The second kappa shape index (κ2) is 8.21. The van der Waals surface area contributed by atoms with E-state index >= 15 is 0 Å². The van der Waals surface area contributed by atoms with Crippen molar-refractivity contribution in [3.05, 3.63) is 111 Å². The van der Waals surface area contributed by atoms with E-state index < -0.39 is 4.92 Å². The Morgan fingerprint density at radius 3 is 2.53 bits per heavy atom. The van der Waals surface area contributed by atoms with Gasteiger partial charge in [-0.25, -0.2) is 0 Å². The monoisotopic (exact) mass is 399 g/mol. The van der Waals surface area contributed by atoms with E-state index in [1.807, 2.05) is 42.6 Å². The van der Waals surface area contributed by atoms with Crippen molar-refractivity contribution < 1.29 is 9.72 Å². The maximum Gasteiger partial charge on any atom is 0.272 e. The van der Waals surface area contributed by atoms with E-state index in [0.29, 0.717) is 17.7 Å². The highest BCUT2D eigenvalue weighted by atomic mass is 16.6. The topological polar surface area (TPSA) is 88.0 Å². The van der Waals surface area contributed by atoms with Crippen molar-refractivity contribution in [1.82, 2.24) is 10.3 Å². The van der Waals surface area contributed by atoms with Gasteiger partial charge in [0.1, 0.15) is 0 Å². The Kier molecular flexibility index (Phi) is 5.30. The predicted octanol–water partition coefficient (Wildman–Crippen LogP) is 4.95. The Balaban J connectivity index is 1.61. The molecule has 0 fully saturated rings. The van der Waals surface area contributed by atoms with Crippen LogP contribution in [-0.2, 0) is 0 Å². The lowest BCUT2D eigenvalue weighted by Gasteiger charge is -2.18. The van der Waals surface area contributed by atoms with Crippen molar-refractivity contribution in [3.63, 3.8) is 0 Å². The van der Waals surface area contributed by atoms with Gasteiger partial charge in [-0.1, -0.05) is 48.5 Å². The van der Waals surface area contributed by atoms with Gasteiger partial charge in [-0.2, -0.15) is 0 Å². The van der Waals surface area contributed by atoms with E-state index in [4.69, 9.17) is 0 Å². The van der Waals surface area contributed by atoms with Crippen LogP contribution in [0.3, 0.4) is 0 Å². The maximum atomic E-state index is 12.8. The number of nitrogens with one attached hydrogen (secondary N) is 2. The highest BCUT2D eigenvalue weighted by molar-refractivity contribution is 5.95. The minimum atomic E-state index is -0.445. The lowest BCUT2D eigenvalue weighted by atomic mass is 9.91. The second-order valence-electron chi connectivity index (χ2n) is 7.22. The fourth-order valence-corrected chi connectivity index (χ4v) is 3.77. The van der Waals surface area contributed by atoms with Gasteiger partial charge < -0.3 is 10.3 Å². The molecule has 3 aromatic carbocycles. The quantitative estimate of drug-likeness (QED) is 0.355. The van der Waals surface area contributed by atoms with Crippen LogP contribution in [0.2, 0.25) is 0 Å². The van der Waals surface area contributed by atoms with Gasteiger partial charge in [0.25, 0.3) is 11.6 Å². The van der Waals surface area contributed by atoms with Crippen molar-refractivity contribution in [3.8, 4) is 0 Å². The molecule has 0 aliphatic rings. The van der Waals surface area contributed by atoms with Gasteiger partial charge in [0.05, 0.1) is 4.92 Å². The van der Waals surface area contributed by atoms with Crippen LogP contribution < -0.4 is 5.32 Å². The van der Waals surface area contributed by atoms with Crippen LogP contribution in [0.4, 0.5) is 5.69 Å². The smallest absolute Gasteiger partial charge is 0.272 e. The molecule has 4 aromatic rings. The van der Waals surface area contributed by atoms with E-state index in [2.05, 4.69) is 28.5 Å². The van der Waals surface area contributed by atoms with Gasteiger partial charge in [-0.15, -0.1) is 0 Å². The fraction of sp³-hybridized carbons (Fsp3) is 0.125. The molecular formula is C24H21N3O3. The molecule has 2 N–H and O–H groups in total. The first-order valence-corrected chi connectivity index (χ1v) is 9.69. The van der Waals surface area contributed by atoms with Crippen LogP contribution in [0.15, 0.2) is 79.0 Å². The number of rotatable bonds is 6. The molecule has 0 spiro atoms. The molecule has 0 aliphatic carbocycles. The summed E-state index contributed by atoms with van der Waals surface area (Å²) in [7, 11) is 0. The van der Waals surface area contributed by atoms with Gasteiger partial charge in [-0.05, 0) is 36.2 Å². The predicted molar refractivity (Wildman–Crippen MR) is 117 cm³/mol. The number of benzene rings is 3. The molecule has 0 saturated carbocycles. The van der Waals surface area contributed by atoms with E-state index in [1.54, 1.807) is 13.0 Å². The number of para-hydroxylation sites is 1. The molecule has 1 amide bonds. The molecule has 0 saturated heterocycles. The molecule has 6 heteroatoms. The number of hydrogen-bond donors (Lipinski definition) is 2. The standard InChI is InChI=1S/C24H21N3O3/c1-16-13-18(11-12-23(16)27(29)30)24(28)26-14-20(17-7-3-2-4-8-17)21-15-25-22-10-6-5-9-19(21)22/h2-13,15,20,25H,14H2,1H3,(H,26,28). The normalized spacial score (nSPS) is 11.9. The summed E-state index contributed by atoms with van der Waals surface area (Å²) in [4.78, 5) is 26.6. The Morgan fingerprint density at radius 2 is 1.80 bits per heavy atom. The van der Waals surface area contributed by atoms with Crippen molar-refractivity contribution in [2.75, 3.05) is 6.54 Å². The Labute approximate surface area is 173 Å². The highest BCUT2D eigenvalue weighted by Crippen LogP contribution is 2.30. The second-order valence-corrected chi connectivity index (χ2v) is 7.22. The van der Waals surface area contributed by atoms with Crippen LogP contribution in [-0.4, -0.2) is 22.4 Å². The molecule has 1 heterocycles. The van der Waals surface area contributed by atoms with Gasteiger partial charge in [0.15, 0.2) is 0 Å². The number of aromatic nitrogens is 1. The Morgan fingerprint density at radius 1 is 1.07 bits per heavy atom. The number of fused-ring (bicyclic) bond motifs is 1. The maximum absolute atomic E-state index is 12.8. The number of hydrogen-bond acceptors (Lipinski definition) is 3. The van der Waals surface area contributed by atoms with Crippen LogP contribution in [0.5, 0.6) is 0 Å². The number of amides is 1. The fourth-order valence-electron chi connectivity index (χ4n) is 3.77. The number of H-pyrrole nitrogens is 1. The first-order valence-electron chi connectivity index (χ1n) is 9.69. The van der Waals surface area contributed by atoms with Crippen molar-refractivity contribution in [2.45, 2.75) is 12.8 Å². The third-order valence-corrected chi connectivity index (χ3v) is 5.32. The summed E-state index contributed by atoms with van der Waals surface area (Å²) < 4.78 is 0. The number of nitrogens with zero attached hydrogens (tertiary/aromatic N) is 1. The molecule has 1 unspecified atom stereocenters. The minimum Gasteiger partial charge on any atom is -0.361 e. The molecule has 1 aromatic heterocycles. The zero-order valence-electron chi connectivity index (χ0n) is 16.5. The number of aromatic amines is 1. The molecule has 150 valence electrons. The van der Waals surface area contributed by atoms with Crippen LogP contribution in [0, 0.1) is 17.0 Å². The molecule has 30 heavy (non-hydrogen) atoms. The van der Waals surface area contributed by atoms with E-state index in [1.165, 1.54) is 12.1 Å². The van der Waals surface area contributed by atoms with Gasteiger partial charge in [0.2, 0.25) is 0 Å². The lowest BCUT2D eigenvalue weighted by molar-refractivity contribution is -0.385. The van der Waals surface area contributed by atoms with E-state index in [0.717, 1.165) is 22.0 Å². The lowest BCUT2D eigenvalue weighted by Crippen LogP contribution is -2.29. The van der Waals surface area contributed by atoms with Crippen LogP contribution in [0.1, 0.15) is 33.0 Å². The molecular weight excluding hydrogens is 378 g/mol. The molecule has 0 radical (unpaired) electrons. The third-order valence-electron chi connectivity index (χ3n) is 5.32. The van der Waals surface area contributed by atoms with Gasteiger partial charge in [-0.3, -0.25) is 14.9 Å². The summed E-state index contributed by atoms with van der Waals surface area (Å²) in [6.07, 6.45) is 1.99. The van der Waals surface area contributed by atoms with Crippen molar-refractivity contribution in [2.24, 2.45) is 0 Å².